The Bertz CT molecular complexity index is 1000. The number of rotatable bonds is 4. The fourth-order valence-electron chi connectivity index (χ4n) is 5.03. The molecule has 2 aliphatic heterocycles. The van der Waals surface area contributed by atoms with Crippen molar-refractivity contribution in [2.24, 2.45) is 5.92 Å². The molecule has 3 aromatic rings. The third kappa shape index (κ3) is 3.11. The lowest BCUT2D eigenvalue weighted by molar-refractivity contribution is 0.0696. The van der Waals surface area contributed by atoms with E-state index in [0.29, 0.717) is 23.3 Å². The maximum Gasteiger partial charge on any atom is 0.256 e. The smallest absolute Gasteiger partial charge is 0.256 e. The Morgan fingerprint density at radius 3 is 2.79 bits per heavy atom. The van der Waals surface area contributed by atoms with Crippen molar-refractivity contribution in [3.8, 4) is 11.4 Å². The maximum atomic E-state index is 13.7. The maximum absolute atomic E-state index is 13.7. The highest BCUT2D eigenvalue weighted by molar-refractivity contribution is 6.09. The largest absolute Gasteiger partial charge is 0.360 e. The minimum Gasteiger partial charge on any atom is -0.360 e. The lowest BCUT2D eigenvalue weighted by Crippen LogP contribution is -2.40. The van der Waals surface area contributed by atoms with Crippen LogP contribution in [0.4, 0.5) is 0 Å². The molecular formula is C21H27N7O. The molecular weight excluding hydrogens is 366 g/mol. The molecule has 2 fully saturated rings. The Kier molecular flexibility index (Phi) is 4.58. The molecule has 2 atom stereocenters. The number of fused-ring (bicyclic) bond motifs is 1. The van der Waals surface area contributed by atoms with E-state index < -0.39 is 0 Å². The molecule has 29 heavy (non-hydrogen) atoms. The quantitative estimate of drug-likeness (QED) is 0.711. The summed E-state index contributed by atoms with van der Waals surface area (Å²) in [6, 6.07) is 6.60. The topological polar surface area (TPSA) is 93.8 Å². The summed E-state index contributed by atoms with van der Waals surface area (Å²) in [7, 11) is 0. The highest BCUT2D eigenvalue weighted by Gasteiger charge is 2.40. The zero-order valence-corrected chi connectivity index (χ0v) is 16.9. The zero-order valence-electron chi connectivity index (χ0n) is 16.9. The molecule has 4 heterocycles. The van der Waals surface area contributed by atoms with Crippen molar-refractivity contribution in [3.05, 3.63) is 30.0 Å². The van der Waals surface area contributed by atoms with Crippen LogP contribution in [0.5, 0.6) is 0 Å². The van der Waals surface area contributed by atoms with Crippen LogP contribution in [0.1, 0.15) is 43.5 Å². The van der Waals surface area contributed by atoms with Crippen LogP contribution in [0.3, 0.4) is 0 Å². The molecule has 0 bridgehead atoms. The number of hydrogen-bond donors (Lipinski definition) is 2. The normalized spacial score (nSPS) is 22.9. The second kappa shape index (κ2) is 7.26. The molecule has 2 unspecified atom stereocenters. The number of aromatic amines is 2. The molecule has 0 aliphatic carbocycles. The predicted octanol–water partition coefficient (Wildman–Crippen LogP) is 2.68. The first-order valence-corrected chi connectivity index (χ1v) is 10.5. The van der Waals surface area contributed by atoms with E-state index >= 15 is 0 Å². The van der Waals surface area contributed by atoms with Crippen LogP contribution in [-0.4, -0.2) is 73.0 Å². The van der Waals surface area contributed by atoms with Gasteiger partial charge in [0.25, 0.3) is 5.91 Å². The van der Waals surface area contributed by atoms with Gasteiger partial charge in [0, 0.05) is 35.8 Å². The lowest BCUT2D eigenvalue weighted by Gasteiger charge is -2.27. The van der Waals surface area contributed by atoms with Crippen LogP contribution < -0.4 is 0 Å². The summed E-state index contributed by atoms with van der Waals surface area (Å²) in [6.45, 7) is 7.59. The molecule has 152 valence electrons. The monoisotopic (exact) mass is 393 g/mol. The lowest BCUT2D eigenvalue weighted by atomic mass is 9.99. The Morgan fingerprint density at radius 2 is 2.07 bits per heavy atom. The highest BCUT2D eigenvalue weighted by Crippen LogP contribution is 2.33. The Balaban J connectivity index is 1.48. The average molecular weight is 393 g/mol. The van der Waals surface area contributed by atoms with Crippen LogP contribution in [0, 0.1) is 5.92 Å². The molecule has 1 aromatic carbocycles. The number of benzene rings is 1. The number of aromatic nitrogens is 5. The molecule has 5 rings (SSSR count). The van der Waals surface area contributed by atoms with Gasteiger partial charge < -0.3 is 9.88 Å². The second-order valence-electron chi connectivity index (χ2n) is 8.57. The Hall–Kier alpha value is -2.74. The Morgan fingerprint density at radius 1 is 1.24 bits per heavy atom. The van der Waals surface area contributed by atoms with E-state index in [2.05, 4.69) is 49.3 Å². The predicted molar refractivity (Wildman–Crippen MR) is 110 cm³/mol. The van der Waals surface area contributed by atoms with Gasteiger partial charge >= 0.3 is 0 Å². The molecule has 0 spiro atoms. The first-order chi connectivity index (χ1) is 14.1. The summed E-state index contributed by atoms with van der Waals surface area (Å²) in [6.07, 6.45) is 5.47. The summed E-state index contributed by atoms with van der Waals surface area (Å²) in [5.41, 5.74) is 2.40. The number of para-hydroxylation sites is 1. The number of likely N-dealkylation sites (tertiary alicyclic amines) is 2. The van der Waals surface area contributed by atoms with Crippen LogP contribution in [0.15, 0.2) is 24.4 Å². The molecule has 2 aliphatic rings. The van der Waals surface area contributed by atoms with E-state index in [1.54, 1.807) is 0 Å². The van der Waals surface area contributed by atoms with Gasteiger partial charge in [-0.2, -0.15) is 5.21 Å². The van der Waals surface area contributed by atoms with Gasteiger partial charge in [-0.05, 0) is 49.5 Å². The molecule has 2 N–H and O–H groups in total. The van der Waals surface area contributed by atoms with Gasteiger partial charge in [0.2, 0.25) is 5.82 Å². The molecule has 2 aromatic heterocycles. The summed E-state index contributed by atoms with van der Waals surface area (Å²) in [5, 5.41) is 15.2. The minimum atomic E-state index is 0.109. The van der Waals surface area contributed by atoms with Crippen molar-refractivity contribution < 1.29 is 4.79 Å². The average Bonchev–Trinajstić information content (AvgIpc) is 3.52. The number of tetrazole rings is 1. The third-order valence-electron chi connectivity index (χ3n) is 6.54. The van der Waals surface area contributed by atoms with E-state index in [4.69, 9.17) is 0 Å². The summed E-state index contributed by atoms with van der Waals surface area (Å²) in [5.74, 6) is 1.07. The van der Waals surface area contributed by atoms with Crippen LogP contribution in [0.2, 0.25) is 0 Å². The van der Waals surface area contributed by atoms with Gasteiger partial charge in [0.1, 0.15) is 0 Å². The van der Waals surface area contributed by atoms with Gasteiger partial charge in [0.05, 0.1) is 11.1 Å². The van der Waals surface area contributed by atoms with Gasteiger partial charge in [-0.25, -0.2) is 0 Å². The highest BCUT2D eigenvalue weighted by atomic mass is 16.2. The minimum absolute atomic E-state index is 0.109. The van der Waals surface area contributed by atoms with Crippen molar-refractivity contribution in [3.63, 3.8) is 0 Å². The van der Waals surface area contributed by atoms with Gasteiger partial charge in [-0.1, -0.05) is 26.0 Å². The van der Waals surface area contributed by atoms with Crippen molar-refractivity contribution in [2.75, 3.05) is 19.6 Å². The summed E-state index contributed by atoms with van der Waals surface area (Å²) >= 11 is 0. The van der Waals surface area contributed by atoms with E-state index in [9.17, 15) is 4.79 Å². The van der Waals surface area contributed by atoms with Gasteiger partial charge in [0.15, 0.2) is 0 Å². The molecule has 2 saturated heterocycles. The van der Waals surface area contributed by atoms with Crippen molar-refractivity contribution in [2.45, 2.75) is 45.2 Å². The van der Waals surface area contributed by atoms with Crippen molar-refractivity contribution in [1.29, 1.82) is 0 Å². The molecule has 0 saturated carbocycles. The van der Waals surface area contributed by atoms with Crippen LogP contribution in [0.25, 0.3) is 22.3 Å². The number of carbonyl (C=O) groups is 1. The fourth-order valence-corrected chi connectivity index (χ4v) is 5.03. The molecule has 8 nitrogen and oxygen atoms in total. The number of nitrogens with one attached hydrogen (secondary N) is 2. The number of H-pyrrole nitrogens is 2. The summed E-state index contributed by atoms with van der Waals surface area (Å²) in [4.78, 5) is 21.6. The number of nitrogens with zero attached hydrogens (tertiary/aromatic N) is 5. The van der Waals surface area contributed by atoms with E-state index in [1.807, 2.05) is 24.4 Å². The zero-order chi connectivity index (χ0) is 20.0. The third-order valence-corrected chi connectivity index (χ3v) is 6.54. The van der Waals surface area contributed by atoms with Crippen LogP contribution >= 0.6 is 0 Å². The Labute approximate surface area is 169 Å². The first-order valence-electron chi connectivity index (χ1n) is 10.5. The van der Waals surface area contributed by atoms with E-state index in [-0.39, 0.29) is 11.9 Å². The van der Waals surface area contributed by atoms with E-state index in [1.165, 1.54) is 12.8 Å². The van der Waals surface area contributed by atoms with Gasteiger partial charge in [-0.15, -0.1) is 10.2 Å². The van der Waals surface area contributed by atoms with Crippen molar-refractivity contribution in [1.82, 2.24) is 35.4 Å². The number of carbonyl (C=O) groups excluding carboxylic acids is 1. The first kappa shape index (κ1) is 18.3. The van der Waals surface area contributed by atoms with Gasteiger partial charge in [-0.3, -0.25) is 9.69 Å². The fraction of sp³-hybridized carbons (Fsp3) is 0.524. The molecule has 0 radical (unpaired) electrons. The van der Waals surface area contributed by atoms with Crippen LogP contribution in [-0.2, 0) is 0 Å². The SMILES string of the molecule is CC(C)C1CC(N2CCCC2)CN1C(=O)c1cccc2c(-c3nn[nH]n3)c[nH]c12. The second-order valence-corrected chi connectivity index (χ2v) is 8.57. The van der Waals surface area contributed by atoms with E-state index in [0.717, 1.165) is 42.5 Å². The molecule has 1 amide bonds. The number of hydrogen-bond acceptors (Lipinski definition) is 5. The van der Waals surface area contributed by atoms with Crippen molar-refractivity contribution >= 4 is 16.8 Å². The molecule has 8 heteroatoms. The summed E-state index contributed by atoms with van der Waals surface area (Å²) < 4.78 is 0. The standard InChI is InChI=1S/C21H27N7O/c1-13(2)18-10-14(27-8-3-4-9-27)12-28(18)21(29)16-7-5-6-15-17(11-22-19(15)16)20-23-25-26-24-20/h5-7,11,13-14,18,22H,3-4,8-10,12H2,1-2H3,(H,23,24,25,26). The number of amides is 1.